The molecule has 1 unspecified atom stereocenters. The van der Waals surface area contributed by atoms with E-state index >= 15 is 0 Å². The van der Waals surface area contributed by atoms with Crippen LogP contribution in [0, 0.1) is 11.2 Å². The van der Waals surface area contributed by atoms with Gasteiger partial charge in [0, 0.05) is 6.54 Å². The molecule has 2 amide bonds. The third-order valence-electron chi connectivity index (χ3n) is 3.97. The first kappa shape index (κ1) is 11.2. The Morgan fingerprint density at radius 2 is 2.33 bits per heavy atom. The Kier molecular flexibility index (Phi) is 2.20. The summed E-state index contributed by atoms with van der Waals surface area (Å²) in [6.07, 6.45) is 1.14. The van der Waals surface area contributed by atoms with Crippen molar-refractivity contribution < 1.29 is 9.18 Å². The van der Waals surface area contributed by atoms with Gasteiger partial charge in [-0.25, -0.2) is 9.18 Å². The van der Waals surface area contributed by atoms with Gasteiger partial charge in [0.2, 0.25) is 0 Å². The second-order valence-corrected chi connectivity index (χ2v) is 4.68. The molecule has 1 aliphatic carbocycles. The number of likely N-dealkylation sites (N-methyl/N-ethyl adjacent to an activating group) is 1. The number of urea groups is 1. The maximum Gasteiger partial charge on any atom is 0.323 e. The minimum absolute atomic E-state index is 0.165. The number of amides is 2. The molecule has 5 heteroatoms. The number of rotatable bonds is 1. The number of carbonyl (C=O) groups is 1. The van der Waals surface area contributed by atoms with Crippen molar-refractivity contribution in [1.29, 1.82) is 5.41 Å². The summed E-state index contributed by atoms with van der Waals surface area (Å²) in [6.45, 7) is 2.38. The fourth-order valence-corrected chi connectivity index (χ4v) is 3.18. The van der Waals surface area contributed by atoms with Crippen molar-refractivity contribution in [2.45, 2.75) is 25.3 Å². The average molecular weight is 247 g/mol. The van der Waals surface area contributed by atoms with Crippen molar-refractivity contribution in [3.05, 3.63) is 35.1 Å². The van der Waals surface area contributed by atoms with Gasteiger partial charge in [-0.05, 0) is 37.0 Å². The van der Waals surface area contributed by atoms with Crippen LogP contribution in [0.3, 0.4) is 0 Å². The Bertz CT molecular complexity index is 557. The van der Waals surface area contributed by atoms with Gasteiger partial charge < -0.3 is 4.90 Å². The molecule has 1 heterocycles. The third kappa shape index (κ3) is 1.14. The Morgan fingerprint density at radius 3 is 3.06 bits per heavy atom. The summed E-state index contributed by atoms with van der Waals surface area (Å²) in [5.74, 6) is -0.0775. The molecule has 0 bridgehead atoms. The molecule has 3 rings (SSSR count). The van der Waals surface area contributed by atoms with Gasteiger partial charge in [0.15, 0.2) is 0 Å². The van der Waals surface area contributed by atoms with Crippen LogP contribution < -0.4 is 5.32 Å². The second-order valence-electron chi connectivity index (χ2n) is 4.68. The molecule has 1 aromatic carbocycles. The molecule has 2 aliphatic rings. The number of amidine groups is 1. The predicted molar refractivity (Wildman–Crippen MR) is 65.0 cm³/mol. The van der Waals surface area contributed by atoms with Crippen LogP contribution in [0.2, 0.25) is 0 Å². The van der Waals surface area contributed by atoms with Crippen LogP contribution in [-0.2, 0) is 12.0 Å². The zero-order chi connectivity index (χ0) is 12.9. The first-order valence-corrected chi connectivity index (χ1v) is 6.06. The lowest BCUT2D eigenvalue weighted by molar-refractivity contribution is 0.177. The normalized spacial score (nSPS) is 25.8. The molecule has 0 aromatic heterocycles. The van der Waals surface area contributed by atoms with Gasteiger partial charge in [0.25, 0.3) is 0 Å². The molecular formula is C13H14FN3O. The zero-order valence-electron chi connectivity index (χ0n) is 10.1. The van der Waals surface area contributed by atoms with Crippen molar-refractivity contribution in [3.8, 4) is 0 Å². The summed E-state index contributed by atoms with van der Waals surface area (Å²) in [6, 6.07) is 4.63. The number of nitrogens with zero attached hydrogens (tertiary/aromatic N) is 1. The highest BCUT2D eigenvalue weighted by Gasteiger charge is 2.54. The molecule has 1 spiro atoms. The lowest BCUT2D eigenvalue weighted by Gasteiger charge is -2.33. The molecule has 1 aromatic rings. The highest BCUT2D eigenvalue weighted by Crippen LogP contribution is 2.45. The highest BCUT2D eigenvalue weighted by atomic mass is 19.1. The predicted octanol–water partition coefficient (Wildman–Crippen LogP) is 1.99. The molecule has 1 fully saturated rings. The average Bonchev–Trinajstić information content (AvgIpc) is 2.82. The van der Waals surface area contributed by atoms with E-state index in [1.165, 1.54) is 6.07 Å². The molecule has 0 radical (unpaired) electrons. The SMILES string of the molecule is CCN1C(=O)NC(=N)C12CCc1c(F)cccc12. The van der Waals surface area contributed by atoms with Crippen LogP contribution in [0.5, 0.6) is 0 Å². The van der Waals surface area contributed by atoms with Crippen LogP contribution in [0.15, 0.2) is 18.2 Å². The van der Waals surface area contributed by atoms with E-state index < -0.39 is 5.54 Å². The molecule has 1 saturated heterocycles. The molecular weight excluding hydrogens is 233 g/mol. The summed E-state index contributed by atoms with van der Waals surface area (Å²) in [7, 11) is 0. The van der Waals surface area contributed by atoms with E-state index in [4.69, 9.17) is 5.41 Å². The fraction of sp³-hybridized carbons (Fsp3) is 0.385. The van der Waals surface area contributed by atoms with Gasteiger partial charge in [-0.3, -0.25) is 10.7 Å². The minimum Gasteiger partial charge on any atom is -0.308 e. The van der Waals surface area contributed by atoms with Crippen LogP contribution in [0.1, 0.15) is 24.5 Å². The van der Waals surface area contributed by atoms with Gasteiger partial charge in [-0.2, -0.15) is 0 Å². The maximum atomic E-state index is 13.8. The molecule has 2 N–H and O–H groups in total. The standard InChI is InChI=1S/C13H14FN3O/c1-2-17-12(18)16-11(15)13(17)7-6-8-9(13)4-3-5-10(8)14/h3-5H,2,6-7H2,1H3,(H2,15,16,18). The van der Waals surface area contributed by atoms with E-state index in [2.05, 4.69) is 5.32 Å². The molecule has 18 heavy (non-hydrogen) atoms. The molecule has 94 valence electrons. The summed E-state index contributed by atoms with van der Waals surface area (Å²) in [5, 5.41) is 10.6. The minimum atomic E-state index is -0.775. The topological polar surface area (TPSA) is 56.2 Å². The van der Waals surface area contributed by atoms with Crippen molar-refractivity contribution in [3.63, 3.8) is 0 Å². The van der Waals surface area contributed by atoms with E-state index in [0.717, 1.165) is 5.56 Å². The number of nitrogens with one attached hydrogen (secondary N) is 2. The van der Waals surface area contributed by atoms with Crippen molar-refractivity contribution in [2.24, 2.45) is 0 Å². The molecule has 1 aliphatic heterocycles. The van der Waals surface area contributed by atoms with Crippen LogP contribution in [-0.4, -0.2) is 23.3 Å². The number of halogens is 1. The van der Waals surface area contributed by atoms with Gasteiger partial charge in [0.05, 0.1) is 0 Å². The number of carbonyl (C=O) groups excluding carboxylic acids is 1. The van der Waals surface area contributed by atoms with E-state index in [9.17, 15) is 9.18 Å². The first-order chi connectivity index (χ1) is 8.61. The Morgan fingerprint density at radius 1 is 1.56 bits per heavy atom. The van der Waals surface area contributed by atoms with E-state index in [-0.39, 0.29) is 17.7 Å². The largest absolute Gasteiger partial charge is 0.323 e. The first-order valence-electron chi connectivity index (χ1n) is 6.06. The van der Waals surface area contributed by atoms with Crippen LogP contribution in [0.25, 0.3) is 0 Å². The summed E-state index contributed by atoms with van der Waals surface area (Å²) in [4.78, 5) is 13.5. The Balaban J connectivity index is 2.22. The zero-order valence-corrected chi connectivity index (χ0v) is 10.1. The number of hydrogen-bond donors (Lipinski definition) is 2. The van der Waals surface area contributed by atoms with Gasteiger partial charge in [0.1, 0.15) is 17.2 Å². The monoisotopic (exact) mass is 247 g/mol. The second kappa shape index (κ2) is 3.54. The number of fused-ring (bicyclic) bond motifs is 2. The Labute approximate surface area is 104 Å². The maximum absolute atomic E-state index is 13.8. The molecule has 0 saturated carbocycles. The number of benzene rings is 1. The van der Waals surface area contributed by atoms with Crippen molar-refractivity contribution in [1.82, 2.24) is 10.2 Å². The fourth-order valence-electron chi connectivity index (χ4n) is 3.18. The smallest absolute Gasteiger partial charge is 0.308 e. The lowest BCUT2D eigenvalue weighted by atomic mass is 9.90. The van der Waals surface area contributed by atoms with Gasteiger partial charge >= 0.3 is 6.03 Å². The molecule has 1 atom stereocenters. The summed E-state index contributed by atoms with van der Waals surface area (Å²) >= 11 is 0. The van der Waals surface area contributed by atoms with E-state index in [0.29, 0.717) is 24.9 Å². The van der Waals surface area contributed by atoms with Crippen molar-refractivity contribution >= 4 is 11.9 Å². The lowest BCUT2D eigenvalue weighted by Crippen LogP contribution is -2.44. The van der Waals surface area contributed by atoms with E-state index in [1.807, 2.05) is 13.0 Å². The highest BCUT2D eigenvalue weighted by molar-refractivity contribution is 6.09. The quantitative estimate of drug-likeness (QED) is 0.783. The van der Waals surface area contributed by atoms with E-state index in [1.54, 1.807) is 11.0 Å². The van der Waals surface area contributed by atoms with Gasteiger partial charge in [-0.1, -0.05) is 12.1 Å². The third-order valence-corrected chi connectivity index (χ3v) is 3.97. The summed E-state index contributed by atoms with van der Waals surface area (Å²) in [5.41, 5.74) is 0.619. The number of hydrogen-bond acceptors (Lipinski definition) is 2. The Hall–Kier alpha value is -1.91. The van der Waals surface area contributed by atoms with Crippen LogP contribution >= 0.6 is 0 Å². The van der Waals surface area contributed by atoms with Gasteiger partial charge in [-0.15, -0.1) is 0 Å². The van der Waals surface area contributed by atoms with Crippen LogP contribution in [0.4, 0.5) is 9.18 Å². The summed E-state index contributed by atoms with van der Waals surface area (Å²) < 4.78 is 13.8. The molecule has 4 nitrogen and oxygen atoms in total. The van der Waals surface area contributed by atoms with Crippen molar-refractivity contribution in [2.75, 3.05) is 6.54 Å².